The maximum Gasteiger partial charge on any atom is 0.292 e. The van der Waals surface area contributed by atoms with Gasteiger partial charge in [-0.3, -0.25) is 4.79 Å². The second-order valence-corrected chi connectivity index (χ2v) is 6.82. The Morgan fingerprint density at radius 3 is 2.79 bits per heavy atom. The van der Waals surface area contributed by atoms with Crippen LogP contribution in [0, 0.1) is 0 Å². The molecule has 0 N–H and O–H groups in total. The monoisotopic (exact) mass is 342 g/mol. The molecule has 1 aliphatic rings. The third kappa shape index (κ3) is 2.75. The van der Waals surface area contributed by atoms with Crippen molar-refractivity contribution in [2.75, 3.05) is 31.1 Å². The lowest BCUT2D eigenvalue weighted by Crippen LogP contribution is -2.48. The number of fused-ring (bicyclic) bond motifs is 1. The summed E-state index contributed by atoms with van der Waals surface area (Å²) in [5, 5.41) is 4.63. The Bertz CT molecular complexity index is 851. The molecule has 4 rings (SSSR count). The molecule has 24 heavy (non-hydrogen) atoms. The lowest BCUT2D eigenvalue weighted by Gasteiger charge is -2.33. The van der Waals surface area contributed by atoms with Gasteiger partial charge in [0.1, 0.15) is 0 Å². The van der Waals surface area contributed by atoms with E-state index in [1.165, 1.54) is 16.5 Å². The largest absolute Gasteiger partial charge is 0.351 e. The molecule has 1 saturated heterocycles. The van der Waals surface area contributed by atoms with Gasteiger partial charge in [0, 0.05) is 32.2 Å². The van der Waals surface area contributed by atoms with Gasteiger partial charge in [-0.1, -0.05) is 29.5 Å². The number of thiazole rings is 1. The van der Waals surface area contributed by atoms with E-state index in [0.29, 0.717) is 18.8 Å². The van der Waals surface area contributed by atoms with Gasteiger partial charge in [-0.05, 0) is 24.1 Å². The Morgan fingerprint density at radius 1 is 1.25 bits per heavy atom. The van der Waals surface area contributed by atoms with E-state index in [-0.39, 0.29) is 5.91 Å². The average Bonchev–Trinajstić information content (AvgIpc) is 3.30. The number of carbonyl (C=O) groups is 1. The lowest BCUT2D eigenvalue weighted by atomic mass is 10.2. The first-order valence-corrected chi connectivity index (χ1v) is 8.90. The highest BCUT2D eigenvalue weighted by Crippen LogP contribution is 2.30. The maximum atomic E-state index is 12.3. The summed E-state index contributed by atoms with van der Waals surface area (Å²) in [5.41, 5.74) is 2.38. The van der Waals surface area contributed by atoms with E-state index in [0.717, 1.165) is 30.2 Å². The first kappa shape index (κ1) is 15.1. The minimum Gasteiger partial charge on any atom is -0.351 e. The topological polar surface area (TPSA) is 62.5 Å². The van der Waals surface area contributed by atoms with E-state index in [9.17, 15) is 4.79 Å². The number of benzene rings is 1. The van der Waals surface area contributed by atoms with Gasteiger partial charge in [0.05, 0.1) is 16.4 Å². The van der Waals surface area contributed by atoms with Gasteiger partial charge in [-0.2, -0.15) is 0 Å². The van der Waals surface area contributed by atoms with E-state index in [1.54, 1.807) is 22.3 Å². The SMILES string of the molecule is CCc1ccc2nc(N3CCN(C(=O)c4ccno4)CC3)sc2c1. The van der Waals surface area contributed by atoms with E-state index in [1.807, 2.05) is 0 Å². The van der Waals surface area contributed by atoms with Crippen molar-refractivity contribution >= 4 is 32.6 Å². The maximum absolute atomic E-state index is 12.3. The number of carbonyl (C=O) groups excluding carboxylic acids is 1. The van der Waals surface area contributed by atoms with Crippen molar-refractivity contribution in [3.63, 3.8) is 0 Å². The van der Waals surface area contributed by atoms with Crippen LogP contribution < -0.4 is 4.90 Å². The number of rotatable bonds is 3. The molecule has 7 heteroatoms. The highest BCUT2D eigenvalue weighted by Gasteiger charge is 2.25. The third-order valence-electron chi connectivity index (χ3n) is 4.34. The van der Waals surface area contributed by atoms with Gasteiger partial charge >= 0.3 is 0 Å². The number of aromatic nitrogens is 2. The van der Waals surface area contributed by atoms with E-state index in [2.05, 4.69) is 35.2 Å². The van der Waals surface area contributed by atoms with Gasteiger partial charge in [0.2, 0.25) is 5.76 Å². The number of hydrogen-bond acceptors (Lipinski definition) is 6. The van der Waals surface area contributed by atoms with Crippen LogP contribution in [0.3, 0.4) is 0 Å². The molecule has 0 aliphatic carbocycles. The summed E-state index contributed by atoms with van der Waals surface area (Å²) >= 11 is 1.72. The number of piperazine rings is 1. The second kappa shape index (κ2) is 6.24. The minimum absolute atomic E-state index is 0.0935. The average molecular weight is 342 g/mol. The van der Waals surface area contributed by atoms with Crippen LogP contribution in [0.5, 0.6) is 0 Å². The van der Waals surface area contributed by atoms with Gasteiger partial charge in [-0.15, -0.1) is 0 Å². The number of aryl methyl sites for hydroxylation is 1. The summed E-state index contributed by atoms with van der Waals surface area (Å²) in [4.78, 5) is 21.1. The van der Waals surface area contributed by atoms with Crippen molar-refractivity contribution in [2.24, 2.45) is 0 Å². The third-order valence-corrected chi connectivity index (χ3v) is 5.41. The Hall–Kier alpha value is -2.41. The number of hydrogen-bond donors (Lipinski definition) is 0. The van der Waals surface area contributed by atoms with Gasteiger partial charge < -0.3 is 14.3 Å². The van der Waals surface area contributed by atoms with E-state index in [4.69, 9.17) is 9.51 Å². The van der Waals surface area contributed by atoms with Crippen molar-refractivity contribution in [1.82, 2.24) is 15.0 Å². The molecule has 3 aromatic rings. The van der Waals surface area contributed by atoms with Gasteiger partial charge in [0.15, 0.2) is 5.13 Å². The van der Waals surface area contributed by atoms with Crippen LogP contribution in [0.4, 0.5) is 5.13 Å². The normalized spacial score (nSPS) is 15.2. The summed E-state index contributed by atoms with van der Waals surface area (Å²) < 4.78 is 6.18. The summed E-state index contributed by atoms with van der Waals surface area (Å²) in [6.45, 7) is 5.04. The molecule has 1 aromatic carbocycles. The zero-order valence-corrected chi connectivity index (χ0v) is 14.3. The predicted octanol–water partition coefficient (Wildman–Crippen LogP) is 2.81. The molecular formula is C17H18N4O2S. The summed E-state index contributed by atoms with van der Waals surface area (Å²) in [6, 6.07) is 8.06. The molecule has 0 atom stereocenters. The van der Waals surface area contributed by atoms with Crippen molar-refractivity contribution < 1.29 is 9.32 Å². The summed E-state index contributed by atoms with van der Waals surface area (Å²) in [6.07, 6.45) is 2.53. The smallest absolute Gasteiger partial charge is 0.292 e. The fourth-order valence-corrected chi connectivity index (χ4v) is 3.98. The Balaban J connectivity index is 1.46. The Morgan fingerprint density at radius 2 is 2.08 bits per heavy atom. The first-order valence-electron chi connectivity index (χ1n) is 8.09. The van der Waals surface area contributed by atoms with Crippen LogP contribution in [-0.2, 0) is 6.42 Å². The van der Waals surface area contributed by atoms with Crippen molar-refractivity contribution in [2.45, 2.75) is 13.3 Å². The molecular weight excluding hydrogens is 324 g/mol. The minimum atomic E-state index is -0.0935. The van der Waals surface area contributed by atoms with Crippen molar-refractivity contribution in [3.05, 3.63) is 41.8 Å². The molecule has 2 aromatic heterocycles. The molecule has 0 radical (unpaired) electrons. The molecule has 3 heterocycles. The summed E-state index contributed by atoms with van der Waals surface area (Å²) in [5.74, 6) is 0.208. The van der Waals surface area contributed by atoms with Crippen molar-refractivity contribution in [3.8, 4) is 0 Å². The molecule has 0 spiro atoms. The molecule has 6 nitrogen and oxygen atoms in total. The zero-order valence-electron chi connectivity index (χ0n) is 13.4. The highest BCUT2D eigenvalue weighted by atomic mass is 32.1. The first-order chi connectivity index (χ1) is 11.7. The van der Waals surface area contributed by atoms with Crippen LogP contribution in [0.25, 0.3) is 10.2 Å². The lowest BCUT2D eigenvalue weighted by molar-refractivity contribution is 0.0705. The Labute approximate surface area is 143 Å². The van der Waals surface area contributed by atoms with Crippen LogP contribution in [-0.4, -0.2) is 47.1 Å². The molecule has 0 saturated carbocycles. The summed E-state index contributed by atoms with van der Waals surface area (Å²) in [7, 11) is 0. The quantitative estimate of drug-likeness (QED) is 0.732. The number of anilines is 1. The molecule has 0 unspecified atom stereocenters. The van der Waals surface area contributed by atoms with Gasteiger partial charge in [-0.25, -0.2) is 4.98 Å². The van der Waals surface area contributed by atoms with Crippen LogP contribution >= 0.6 is 11.3 Å². The Kier molecular flexibility index (Phi) is 3.93. The molecule has 1 amide bonds. The zero-order chi connectivity index (χ0) is 16.5. The highest BCUT2D eigenvalue weighted by molar-refractivity contribution is 7.22. The molecule has 1 fully saturated rings. The number of amides is 1. The van der Waals surface area contributed by atoms with Crippen LogP contribution in [0.2, 0.25) is 0 Å². The molecule has 1 aliphatic heterocycles. The van der Waals surface area contributed by atoms with Crippen LogP contribution in [0.1, 0.15) is 23.0 Å². The fraction of sp³-hybridized carbons (Fsp3) is 0.353. The van der Waals surface area contributed by atoms with E-state index >= 15 is 0 Å². The fourth-order valence-electron chi connectivity index (χ4n) is 2.89. The van der Waals surface area contributed by atoms with Crippen molar-refractivity contribution in [1.29, 1.82) is 0 Å². The standard InChI is InChI=1S/C17H18N4O2S/c1-2-12-3-4-13-15(11-12)24-17(19-13)21-9-7-20(8-10-21)16(22)14-5-6-18-23-14/h3-6,11H,2,7-10H2,1H3. The number of nitrogens with zero attached hydrogens (tertiary/aromatic N) is 4. The predicted molar refractivity (Wildman–Crippen MR) is 93.6 cm³/mol. The second-order valence-electron chi connectivity index (χ2n) is 5.81. The van der Waals surface area contributed by atoms with Gasteiger partial charge in [0.25, 0.3) is 5.91 Å². The molecule has 0 bridgehead atoms. The van der Waals surface area contributed by atoms with Crippen LogP contribution in [0.15, 0.2) is 35.0 Å². The van der Waals surface area contributed by atoms with E-state index < -0.39 is 0 Å². The molecule has 124 valence electrons.